The first-order valence-electron chi connectivity index (χ1n) is 19.2. The Labute approximate surface area is 328 Å². The molecule has 3 N–H and O–H groups in total. The highest BCUT2D eigenvalue weighted by Gasteiger charge is 2.26. The molecule has 3 aromatic heterocycles. The lowest BCUT2D eigenvalue weighted by Gasteiger charge is -2.28. The summed E-state index contributed by atoms with van der Waals surface area (Å²) in [6.07, 6.45) is 8.38. The summed E-state index contributed by atoms with van der Waals surface area (Å²) < 4.78 is 12.6. The number of ether oxygens (including phenoxy) is 2. The molecule has 0 bridgehead atoms. The Kier molecular flexibility index (Phi) is 14.5. The molecule has 0 spiro atoms. The standard InChI is InChI=1S/C24H33N5O3.C16H16N4O2.C2H6/c1-24(2,31)16-29-17-25-23(26-29)20-6-4-18(5-7-20)19-8-12-28(13-9-19)22(30)15-27-11-10-21(14-27)32-3;1-10(2)22-15-6-3-11(8-17-15)16-13-7-12(18-9-21)4-5-14(13)19-20-16;1-2/h4-8,17,21,31H,9-16H2,1-3H3;3-10H,1-2H3,(H,18,21)(H,19,20);1-2H3/t21-;;/m0../s1. The Balaban J connectivity index is 0.000000218. The maximum absolute atomic E-state index is 12.7. The number of likely N-dealkylation sites (tertiary alicyclic amines) is 1. The number of benzene rings is 2. The minimum absolute atomic E-state index is 0.0848. The molecule has 2 aliphatic heterocycles. The minimum atomic E-state index is -0.835. The number of hydrogen-bond donors (Lipinski definition) is 3. The minimum Gasteiger partial charge on any atom is -0.475 e. The molecule has 56 heavy (non-hydrogen) atoms. The van der Waals surface area contributed by atoms with Gasteiger partial charge >= 0.3 is 0 Å². The van der Waals surface area contributed by atoms with Gasteiger partial charge in [-0.2, -0.15) is 10.2 Å². The zero-order valence-electron chi connectivity index (χ0n) is 33.5. The number of anilines is 1. The van der Waals surface area contributed by atoms with Crippen LogP contribution in [0.3, 0.4) is 0 Å². The van der Waals surface area contributed by atoms with E-state index in [4.69, 9.17) is 9.47 Å². The van der Waals surface area contributed by atoms with E-state index in [1.807, 2.05) is 75.1 Å². The van der Waals surface area contributed by atoms with Crippen LogP contribution in [0.4, 0.5) is 5.69 Å². The van der Waals surface area contributed by atoms with Crippen molar-refractivity contribution in [3.8, 4) is 28.5 Å². The Morgan fingerprint density at radius 1 is 1.05 bits per heavy atom. The SMILES string of the molecule is CC.CC(C)Oc1ccc(-c2n[nH]c3ccc(NC=O)cc23)cn1.CO[C@H]1CCN(CC(=O)N2CC=C(c3ccc(-c4ncn(CC(C)(C)O)n4)cc3)CC2)C1. The first-order chi connectivity index (χ1) is 27.0. The summed E-state index contributed by atoms with van der Waals surface area (Å²) in [5, 5.41) is 25.3. The first-order valence-corrected chi connectivity index (χ1v) is 19.2. The number of nitrogens with one attached hydrogen (secondary N) is 2. The topological polar surface area (TPSA) is 164 Å². The van der Waals surface area contributed by atoms with Gasteiger partial charge in [-0.05, 0) is 75.9 Å². The van der Waals surface area contributed by atoms with Crippen LogP contribution in [0.2, 0.25) is 0 Å². The van der Waals surface area contributed by atoms with E-state index in [0.29, 0.717) is 37.7 Å². The van der Waals surface area contributed by atoms with Gasteiger partial charge in [-0.15, -0.1) is 0 Å². The highest BCUT2D eigenvalue weighted by atomic mass is 16.5. The zero-order chi connectivity index (χ0) is 40.2. The summed E-state index contributed by atoms with van der Waals surface area (Å²) in [7, 11) is 1.74. The molecular weight excluding hydrogens is 711 g/mol. The molecule has 0 saturated carbocycles. The van der Waals surface area contributed by atoms with Crippen molar-refractivity contribution in [1.29, 1.82) is 0 Å². The van der Waals surface area contributed by atoms with E-state index in [1.54, 1.807) is 38.2 Å². The van der Waals surface area contributed by atoms with E-state index in [9.17, 15) is 14.7 Å². The molecule has 1 saturated heterocycles. The number of methoxy groups -OCH3 is 1. The van der Waals surface area contributed by atoms with Crippen molar-refractivity contribution in [3.63, 3.8) is 0 Å². The van der Waals surface area contributed by atoms with Crippen LogP contribution in [0.15, 0.2) is 73.2 Å². The number of nitrogens with zero attached hydrogens (tertiary/aromatic N) is 7. The molecule has 2 aliphatic rings. The molecule has 1 atom stereocenters. The average molecular weight is 766 g/mol. The second-order valence-electron chi connectivity index (χ2n) is 14.5. The summed E-state index contributed by atoms with van der Waals surface area (Å²) in [5.41, 5.74) is 5.82. The van der Waals surface area contributed by atoms with Gasteiger partial charge in [0.15, 0.2) is 5.82 Å². The van der Waals surface area contributed by atoms with Gasteiger partial charge < -0.3 is 24.8 Å². The van der Waals surface area contributed by atoms with Gasteiger partial charge in [-0.1, -0.05) is 44.2 Å². The van der Waals surface area contributed by atoms with Gasteiger partial charge in [-0.25, -0.2) is 14.6 Å². The van der Waals surface area contributed by atoms with Crippen molar-refractivity contribution in [2.75, 3.05) is 45.2 Å². The van der Waals surface area contributed by atoms with E-state index < -0.39 is 5.60 Å². The second kappa shape index (κ2) is 19.4. The van der Waals surface area contributed by atoms with Gasteiger partial charge in [-0.3, -0.25) is 19.6 Å². The summed E-state index contributed by atoms with van der Waals surface area (Å²) in [4.78, 5) is 36.0. The third kappa shape index (κ3) is 11.3. The lowest BCUT2D eigenvalue weighted by atomic mass is 9.98. The van der Waals surface area contributed by atoms with Gasteiger partial charge in [0.2, 0.25) is 18.2 Å². The first kappa shape index (κ1) is 41.7. The van der Waals surface area contributed by atoms with Crippen LogP contribution in [0.25, 0.3) is 39.1 Å². The number of amides is 2. The van der Waals surface area contributed by atoms with Gasteiger partial charge in [0.05, 0.1) is 36.4 Å². The van der Waals surface area contributed by atoms with Crippen LogP contribution in [-0.2, 0) is 20.9 Å². The number of carbonyl (C=O) groups excluding carboxylic acids is 2. The molecule has 0 aliphatic carbocycles. The molecular formula is C42H55N9O5. The number of aromatic nitrogens is 6. The number of rotatable bonds is 12. The highest BCUT2D eigenvalue weighted by Crippen LogP contribution is 2.29. The van der Waals surface area contributed by atoms with Crippen LogP contribution in [-0.4, -0.2) is 115 Å². The van der Waals surface area contributed by atoms with E-state index >= 15 is 0 Å². The van der Waals surface area contributed by atoms with Crippen molar-refractivity contribution in [1.82, 2.24) is 39.7 Å². The third-order valence-corrected chi connectivity index (χ3v) is 9.24. The van der Waals surface area contributed by atoms with Crippen LogP contribution in [0.5, 0.6) is 5.88 Å². The van der Waals surface area contributed by atoms with E-state index in [1.165, 1.54) is 11.1 Å². The molecule has 2 amide bonds. The number of carbonyl (C=O) groups is 2. The quantitative estimate of drug-likeness (QED) is 0.127. The van der Waals surface area contributed by atoms with Gasteiger partial charge in [0.1, 0.15) is 12.0 Å². The van der Waals surface area contributed by atoms with E-state index in [-0.39, 0.29) is 18.1 Å². The summed E-state index contributed by atoms with van der Waals surface area (Å²) >= 11 is 0. The lowest BCUT2D eigenvalue weighted by molar-refractivity contribution is -0.131. The molecule has 5 aromatic rings. The van der Waals surface area contributed by atoms with Crippen molar-refractivity contribution in [2.24, 2.45) is 0 Å². The normalized spacial score (nSPS) is 15.8. The summed E-state index contributed by atoms with van der Waals surface area (Å²) in [5.74, 6) is 1.43. The fourth-order valence-electron chi connectivity index (χ4n) is 6.54. The van der Waals surface area contributed by atoms with Crippen LogP contribution in [0, 0.1) is 0 Å². The number of aliphatic hydroxyl groups is 1. The van der Waals surface area contributed by atoms with Crippen molar-refractivity contribution < 1.29 is 24.2 Å². The van der Waals surface area contributed by atoms with Crippen LogP contribution < -0.4 is 10.1 Å². The fraction of sp³-hybridized carbons (Fsp3) is 0.429. The molecule has 7 rings (SSSR count). The van der Waals surface area contributed by atoms with Crippen LogP contribution >= 0.6 is 0 Å². The molecule has 2 aromatic carbocycles. The summed E-state index contributed by atoms with van der Waals surface area (Å²) in [6, 6.07) is 17.5. The Bertz CT molecular complexity index is 2050. The van der Waals surface area contributed by atoms with Gasteiger partial charge in [0.25, 0.3) is 0 Å². The van der Waals surface area contributed by atoms with Gasteiger partial charge in [0, 0.05) is 67.8 Å². The monoisotopic (exact) mass is 765 g/mol. The fourth-order valence-corrected chi connectivity index (χ4v) is 6.54. The molecule has 0 unspecified atom stereocenters. The van der Waals surface area contributed by atoms with E-state index in [0.717, 1.165) is 65.9 Å². The lowest BCUT2D eigenvalue weighted by Crippen LogP contribution is -2.41. The Hall–Kier alpha value is -5.44. The predicted molar refractivity (Wildman–Crippen MR) is 219 cm³/mol. The highest BCUT2D eigenvalue weighted by molar-refractivity contribution is 5.95. The smallest absolute Gasteiger partial charge is 0.237 e. The second-order valence-corrected chi connectivity index (χ2v) is 14.5. The molecule has 0 radical (unpaired) electrons. The summed E-state index contributed by atoms with van der Waals surface area (Å²) in [6.45, 7) is 15.5. The Morgan fingerprint density at radius 2 is 1.80 bits per heavy atom. The number of H-pyrrole nitrogens is 1. The molecule has 14 nitrogen and oxygen atoms in total. The number of fused-ring (bicyclic) bond motifs is 1. The maximum Gasteiger partial charge on any atom is 0.237 e. The van der Waals surface area contributed by atoms with Crippen LogP contribution in [0.1, 0.15) is 59.9 Å². The number of hydrogen-bond acceptors (Lipinski definition) is 10. The number of pyridine rings is 1. The van der Waals surface area contributed by atoms with Crippen molar-refractivity contribution >= 4 is 34.5 Å². The largest absolute Gasteiger partial charge is 0.475 e. The molecule has 1 fully saturated rings. The van der Waals surface area contributed by atoms with Crippen molar-refractivity contribution in [2.45, 2.75) is 78.7 Å². The molecule has 14 heteroatoms. The van der Waals surface area contributed by atoms with E-state index in [2.05, 4.69) is 53.7 Å². The third-order valence-electron chi connectivity index (χ3n) is 9.24. The molecule has 5 heterocycles. The van der Waals surface area contributed by atoms with Crippen molar-refractivity contribution in [3.05, 3.63) is 78.8 Å². The number of aromatic amines is 1. The zero-order valence-corrected chi connectivity index (χ0v) is 33.5. The molecule has 298 valence electrons. The maximum atomic E-state index is 12.7. The Morgan fingerprint density at radius 3 is 2.43 bits per heavy atom. The average Bonchev–Trinajstić information content (AvgIpc) is 3.96. The predicted octanol–water partition coefficient (Wildman–Crippen LogP) is 6.06.